The quantitative estimate of drug-likeness (QED) is 0.681. The molecule has 1 fully saturated rings. The second-order valence-electron chi connectivity index (χ2n) is 5.20. The van der Waals surface area contributed by atoms with Gasteiger partial charge in [0, 0.05) is 11.5 Å². The second-order valence-corrected chi connectivity index (χ2v) is 5.20. The van der Waals surface area contributed by atoms with E-state index in [9.17, 15) is 0 Å². The molecule has 16 heavy (non-hydrogen) atoms. The Morgan fingerprint density at radius 2 is 2.00 bits per heavy atom. The Morgan fingerprint density at radius 3 is 2.75 bits per heavy atom. The van der Waals surface area contributed by atoms with E-state index in [4.69, 9.17) is 5.73 Å². The van der Waals surface area contributed by atoms with Crippen LogP contribution in [-0.4, -0.2) is 41.3 Å². The van der Waals surface area contributed by atoms with Gasteiger partial charge in [0.1, 0.15) is 0 Å². The Balaban J connectivity index is 2.01. The second kappa shape index (κ2) is 3.50. The van der Waals surface area contributed by atoms with Crippen molar-refractivity contribution in [3.05, 3.63) is 23.5 Å². The van der Waals surface area contributed by atoms with Gasteiger partial charge in [-0.15, -0.1) is 0 Å². The third kappa shape index (κ3) is 1.30. The molecule has 2 heterocycles. The number of rotatable bonds is 0. The van der Waals surface area contributed by atoms with Crippen LogP contribution in [0.25, 0.3) is 0 Å². The standard InChI is InChI=1S/C12H18N4/c1-16-4-2-12(3-5-16)10-8-15-14-7-9(10)6-11(12)13/h7-8,11H,2-6,13H2,1H3/t11-/m1/s1. The van der Waals surface area contributed by atoms with Crippen molar-refractivity contribution in [1.82, 2.24) is 15.1 Å². The minimum Gasteiger partial charge on any atom is -0.327 e. The number of piperidine rings is 1. The lowest BCUT2D eigenvalue weighted by Gasteiger charge is -2.41. The fourth-order valence-electron chi connectivity index (χ4n) is 3.25. The van der Waals surface area contributed by atoms with Gasteiger partial charge in [0.2, 0.25) is 0 Å². The van der Waals surface area contributed by atoms with Crippen LogP contribution in [0.4, 0.5) is 0 Å². The Hall–Kier alpha value is -1.00. The molecule has 0 saturated carbocycles. The molecule has 4 heteroatoms. The molecule has 1 atom stereocenters. The fraction of sp³-hybridized carbons (Fsp3) is 0.667. The lowest BCUT2D eigenvalue weighted by Crippen LogP contribution is -2.49. The van der Waals surface area contributed by atoms with Crippen molar-refractivity contribution in [2.45, 2.75) is 30.7 Å². The molecule has 1 aliphatic heterocycles. The van der Waals surface area contributed by atoms with Crippen LogP contribution < -0.4 is 5.73 Å². The maximum Gasteiger partial charge on any atom is 0.0537 e. The third-order valence-electron chi connectivity index (χ3n) is 4.38. The van der Waals surface area contributed by atoms with Gasteiger partial charge in [-0.05, 0) is 50.5 Å². The topological polar surface area (TPSA) is 55.0 Å². The zero-order valence-corrected chi connectivity index (χ0v) is 9.69. The average molecular weight is 218 g/mol. The van der Waals surface area contributed by atoms with Crippen LogP contribution in [0.15, 0.2) is 12.4 Å². The lowest BCUT2D eigenvalue weighted by molar-refractivity contribution is 0.172. The van der Waals surface area contributed by atoms with Crippen molar-refractivity contribution in [3.63, 3.8) is 0 Å². The van der Waals surface area contributed by atoms with E-state index in [0.29, 0.717) is 0 Å². The average Bonchev–Trinajstić information content (AvgIpc) is 2.57. The zero-order valence-electron chi connectivity index (χ0n) is 9.69. The van der Waals surface area contributed by atoms with Gasteiger partial charge in [0.05, 0.1) is 12.4 Å². The van der Waals surface area contributed by atoms with Gasteiger partial charge in [0.15, 0.2) is 0 Å². The summed E-state index contributed by atoms with van der Waals surface area (Å²) in [5, 5.41) is 8.01. The number of likely N-dealkylation sites (tertiary alicyclic amines) is 1. The van der Waals surface area contributed by atoms with Crippen LogP contribution in [0.3, 0.4) is 0 Å². The molecule has 4 nitrogen and oxygen atoms in total. The van der Waals surface area contributed by atoms with Gasteiger partial charge in [-0.2, -0.15) is 10.2 Å². The molecule has 3 rings (SSSR count). The lowest BCUT2D eigenvalue weighted by atomic mass is 9.72. The molecule has 0 aromatic carbocycles. The fourth-order valence-corrected chi connectivity index (χ4v) is 3.25. The van der Waals surface area contributed by atoms with Crippen LogP contribution in [0.5, 0.6) is 0 Å². The Bertz CT molecular complexity index is 396. The van der Waals surface area contributed by atoms with Crippen LogP contribution in [0.1, 0.15) is 24.0 Å². The van der Waals surface area contributed by atoms with Crippen LogP contribution in [0, 0.1) is 0 Å². The summed E-state index contributed by atoms with van der Waals surface area (Å²) >= 11 is 0. The molecule has 86 valence electrons. The van der Waals surface area contributed by atoms with Gasteiger partial charge in [-0.25, -0.2) is 0 Å². The van der Waals surface area contributed by atoms with Gasteiger partial charge in [0.25, 0.3) is 0 Å². The van der Waals surface area contributed by atoms with E-state index >= 15 is 0 Å². The van der Waals surface area contributed by atoms with Crippen molar-refractivity contribution in [3.8, 4) is 0 Å². The number of nitrogens with zero attached hydrogens (tertiary/aromatic N) is 3. The first-order valence-corrected chi connectivity index (χ1v) is 5.96. The zero-order chi connectivity index (χ0) is 11.2. The molecule has 0 bridgehead atoms. The van der Waals surface area contributed by atoms with Crippen molar-refractivity contribution in [2.75, 3.05) is 20.1 Å². The van der Waals surface area contributed by atoms with E-state index < -0.39 is 0 Å². The number of fused-ring (bicyclic) bond motifs is 2. The van der Waals surface area contributed by atoms with Crippen LogP contribution in [0.2, 0.25) is 0 Å². The van der Waals surface area contributed by atoms with Crippen molar-refractivity contribution in [2.24, 2.45) is 5.73 Å². The molecule has 1 aromatic heterocycles. The predicted octanol–water partition coefficient (Wildman–Crippen LogP) is 0.323. The maximum absolute atomic E-state index is 6.37. The summed E-state index contributed by atoms with van der Waals surface area (Å²) in [6.45, 7) is 2.27. The third-order valence-corrected chi connectivity index (χ3v) is 4.38. The van der Waals surface area contributed by atoms with Gasteiger partial charge < -0.3 is 10.6 Å². The van der Waals surface area contributed by atoms with E-state index in [1.165, 1.54) is 11.1 Å². The summed E-state index contributed by atoms with van der Waals surface area (Å²) in [5.41, 5.74) is 9.22. The van der Waals surface area contributed by atoms with Gasteiger partial charge >= 0.3 is 0 Å². The Kier molecular flexibility index (Phi) is 2.23. The molecule has 0 radical (unpaired) electrons. The van der Waals surface area contributed by atoms with Gasteiger partial charge in [-0.3, -0.25) is 0 Å². The highest BCUT2D eigenvalue weighted by Gasteiger charge is 2.46. The summed E-state index contributed by atoms with van der Waals surface area (Å²) in [6.07, 6.45) is 7.11. The summed E-state index contributed by atoms with van der Waals surface area (Å²) < 4.78 is 0. The minimum atomic E-state index is 0.178. The number of nitrogens with two attached hydrogens (primary N) is 1. The van der Waals surface area contributed by atoms with Crippen LogP contribution in [-0.2, 0) is 11.8 Å². The molecular formula is C12H18N4. The summed E-state index contributed by atoms with van der Waals surface area (Å²) in [4.78, 5) is 2.38. The Labute approximate surface area is 95.8 Å². The van der Waals surface area contributed by atoms with E-state index in [0.717, 1.165) is 32.4 Å². The highest BCUT2D eigenvalue weighted by Crippen LogP contribution is 2.44. The van der Waals surface area contributed by atoms with Crippen molar-refractivity contribution >= 4 is 0 Å². The highest BCUT2D eigenvalue weighted by atomic mass is 15.1. The monoisotopic (exact) mass is 218 g/mol. The summed E-state index contributed by atoms with van der Waals surface area (Å²) in [6, 6.07) is 0.252. The first-order valence-electron chi connectivity index (χ1n) is 5.96. The molecule has 0 amide bonds. The van der Waals surface area contributed by atoms with E-state index in [1.54, 1.807) is 0 Å². The largest absolute Gasteiger partial charge is 0.327 e. The number of hydrogen-bond acceptors (Lipinski definition) is 4. The highest BCUT2D eigenvalue weighted by molar-refractivity contribution is 5.39. The maximum atomic E-state index is 6.37. The molecule has 1 spiro atoms. The smallest absolute Gasteiger partial charge is 0.0537 e. The van der Waals surface area contributed by atoms with E-state index in [1.807, 2.05) is 12.4 Å². The van der Waals surface area contributed by atoms with E-state index in [2.05, 4.69) is 22.1 Å². The molecule has 1 aromatic rings. The predicted molar refractivity (Wildman–Crippen MR) is 62.1 cm³/mol. The molecule has 1 saturated heterocycles. The molecule has 2 N–H and O–H groups in total. The minimum absolute atomic E-state index is 0.178. The number of aromatic nitrogens is 2. The van der Waals surface area contributed by atoms with E-state index in [-0.39, 0.29) is 11.5 Å². The van der Waals surface area contributed by atoms with Crippen molar-refractivity contribution < 1.29 is 0 Å². The molecule has 2 aliphatic rings. The number of hydrogen-bond donors (Lipinski definition) is 1. The van der Waals surface area contributed by atoms with Gasteiger partial charge in [-0.1, -0.05) is 0 Å². The normalized spacial score (nSPS) is 28.2. The van der Waals surface area contributed by atoms with Crippen molar-refractivity contribution in [1.29, 1.82) is 0 Å². The first kappa shape index (κ1) is 10.2. The SMILES string of the molecule is CN1CCC2(CC1)c1cnncc1C[C@H]2N. The molecule has 1 aliphatic carbocycles. The van der Waals surface area contributed by atoms with Crippen LogP contribution >= 0.6 is 0 Å². The summed E-state index contributed by atoms with van der Waals surface area (Å²) in [5.74, 6) is 0. The molecular weight excluding hydrogens is 200 g/mol. The Morgan fingerprint density at radius 1 is 1.31 bits per heavy atom. The molecule has 0 unspecified atom stereocenters. The summed E-state index contributed by atoms with van der Waals surface area (Å²) in [7, 11) is 2.18. The first-order chi connectivity index (χ1) is 7.72.